The number of nitrogens with zero attached hydrogens (tertiary/aromatic N) is 4. The molecule has 3 rings (SSSR count). The Morgan fingerprint density at radius 1 is 1.56 bits per heavy atom. The first-order chi connectivity index (χ1) is 11.7. The molecule has 25 heavy (non-hydrogen) atoms. The van der Waals surface area contributed by atoms with Gasteiger partial charge in [0.2, 0.25) is 0 Å². The van der Waals surface area contributed by atoms with Crippen LogP contribution in [-0.2, 0) is 13.0 Å². The van der Waals surface area contributed by atoms with Crippen molar-refractivity contribution in [1.29, 1.82) is 0 Å². The minimum Gasteiger partial charge on any atom is -0.386 e. The van der Waals surface area contributed by atoms with Gasteiger partial charge in [0.15, 0.2) is 5.96 Å². The van der Waals surface area contributed by atoms with Gasteiger partial charge in [0, 0.05) is 23.9 Å². The maximum atomic E-state index is 10.2. The van der Waals surface area contributed by atoms with E-state index in [-0.39, 0.29) is 36.6 Å². The molecule has 0 saturated heterocycles. The molecular weight excluding hydrogens is 475 g/mol. The predicted molar refractivity (Wildman–Crippen MR) is 111 cm³/mol. The van der Waals surface area contributed by atoms with E-state index in [0.29, 0.717) is 10.3 Å². The molecule has 138 valence electrons. The quantitative estimate of drug-likeness (QED) is 0.336. The molecule has 1 aliphatic heterocycles. The molecule has 10 heteroatoms. The number of halogens is 2. The molecule has 3 N–H and O–H groups in total. The Bertz CT molecular complexity index is 706. The molecule has 0 aromatic carbocycles. The highest BCUT2D eigenvalue weighted by atomic mass is 127. The highest BCUT2D eigenvalue weighted by Gasteiger charge is 2.20. The van der Waals surface area contributed by atoms with Crippen LogP contribution in [0.5, 0.6) is 0 Å². The molecular formula is C15H22ClIN6OS. The summed E-state index contributed by atoms with van der Waals surface area (Å²) in [6.45, 7) is 3.83. The number of guanidine groups is 1. The number of hydrogen-bond donors (Lipinski definition) is 3. The van der Waals surface area contributed by atoms with E-state index in [2.05, 4.69) is 25.7 Å². The van der Waals surface area contributed by atoms with Crippen LogP contribution in [0.4, 0.5) is 0 Å². The SMILES string of the molecule is CCNC(=NCC(O)c1ccc(Cl)s1)NC1CCc2ncnn2C1.I. The topological polar surface area (TPSA) is 87.4 Å². The minimum atomic E-state index is -0.647. The van der Waals surface area contributed by atoms with Crippen LogP contribution >= 0.6 is 46.9 Å². The van der Waals surface area contributed by atoms with Crippen LogP contribution in [0.1, 0.15) is 30.2 Å². The molecule has 1 aliphatic rings. The van der Waals surface area contributed by atoms with Gasteiger partial charge in [0.05, 0.1) is 17.4 Å². The number of aliphatic hydroxyl groups is 1. The van der Waals surface area contributed by atoms with Crippen LogP contribution in [0.2, 0.25) is 4.34 Å². The Kier molecular flexibility index (Phi) is 7.91. The molecule has 2 aromatic rings. The average Bonchev–Trinajstić information content (AvgIpc) is 3.20. The van der Waals surface area contributed by atoms with Crippen molar-refractivity contribution in [3.63, 3.8) is 0 Å². The van der Waals surface area contributed by atoms with Gasteiger partial charge in [0.25, 0.3) is 0 Å². The van der Waals surface area contributed by atoms with E-state index in [0.717, 1.165) is 36.6 Å². The largest absolute Gasteiger partial charge is 0.386 e. The Hall–Kier alpha value is -0.910. The van der Waals surface area contributed by atoms with Gasteiger partial charge in [-0.25, -0.2) is 9.67 Å². The van der Waals surface area contributed by atoms with E-state index in [1.165, 1.54) is 11.3 Å². The van der Waals surface area contributed by atoms with Crippen LogP contribution in [0.3, 0.4) is 0 Å². The molecule has 7 nitrogen and oxygen atoms in total. The minimum absolute atomic E-state index is 0. The molecule has 2 atom stereocenters. The number of aliphatic imine (C=N–C) groups is 1. The molecule has 0 spiro atoms. The van der Waals surface area contributed by atoms with Crippen LogP contribution in [0.15, 0.2) is 23.5 Å². The molecule has 0 saturated carbocycles. The first-order valence-corrected chi connectivity index (χ1v) is 9.20. The lowest BCUT2D eigenvalue weighted by Crippen LogP contribution is -2.47. The van der Waals surface area contributed by atoms with Crippen LogP contribution in [0, 0.1) is 0 Å². The summed E-state index contributed by atoms with van der Waals surface area (Å²) in [5, 5.41) is 21.1. The van der Waals surface area contributed by atoms with Gasteiger partial charge in [-0.1, -0.05) is 11.6 Å². The van der Waals surface area contributed by atoms with Crippen molar-refractivity contribution < 1.29 is 5.11 Å². The van der Waals surface area contributed by atoms with Crippen molar-refractivity contribution in [2.45, 2.75) is 38.5 Å². The first kappa shape index (κ1) is 20.4. The van der Waals surface area contributed by atoms with Gasteiger partial charge in [0.1, 0.15) is 18.3 Å². The maximum absolute atomic E-state index is 10.2. The van der Waals surface area contributed by atoms with Crippen LogP contribution in [-0.4, -0.2) is 45.0 Å². The molecule has 2 aromatic heterocycles. The van der Waals surface area contributed by atoms with Gasteiger partial charge in [-0.3, -0.25) is 4.99 Å². The lowest BCUT2D eigenvalue weighted by molar-refractivity contribution is 0.191. The summed E-state index contributed by atoms with van der Waals surface area (Å²) in [6, 6.07) is 3.86. The molecule has 3 heterocycles. The first-order valence-electron chi connectivity index (χ1n) is 8.00. The zero-order valence-corrected chi connectivity index (χ0v) is 17.8. The number of aliphatic hydroxyl groups excluding tert-OH is 1. The number of nitrogens with one attached hydrogen (secondary N) is 2. The second kappa shape index (κ2) is 9.70. The summed E-state index contributed by atoms with van der Waals surface area (Å²) in [7, 11) is 0. The van der Waals surface area contributed by atoms with E-state index in [4.69, 9.17) is 11.6 Å². The van der Waals surface area contributed by atoms with Crippen molar-refractivity contribution in [3.05, 3.63) is 33.5 Å². The van der Waals surface area contributed by atoms with Crippen molar-refractivity contribution in [2.24, 2.45) is 4.99 Å². The fourth-order valence-corrected chi connectivity index (χ4v) is 3.68. The van der Waals surface area contributed by atoms with Crippen molar-refractivity contribution in [2.75, 3.05) is 13.1 Å². The average molecular weight is 497 g/mol. The predicted octanol–water partition coefficient (Wildman–Crippen LogP) is 2.21. The fourth-order valence-electron chi connectivity index (χ4n) is 2.64. The third-order valence-electron chi connectivity index (χ3n) is 3.84. The zero-order valence-electron chi connectivity index (χ0n) is 13.9. The standard InChI is InChI=1S/C15H21ClN6OS.HI/c1-2-17-15(18-7-11(23)12-4-5-13(16)24-12)21-10-3-6-14-19-9-20-22(14)8-10;/h4-5,9-11,23H,2-3,6-8H2,1H3,(H2,17,18,21);1H. The van der Waals surface area contributed by atoms with Crippen molar-refractivity contribution >= 4 is 52.9 Å². The van der Waals surface area contributed by atoms with E-state index in [1.54, 1.807) is 12.4 Å². The monoisotopic (exact) mass is 496 g/mol. The Morgan fingerprint density at radius 3 is 3.12 bits per heavy atom. The Morgan fingerprint density at radius 2 is 2.40 bits per heavy atom. The summed E-state index contributed by atoms with van der Waals surface area (Å²) >= 11 is 7.29. The summed E-state index contributed by atoms with van der Waals surface area (Å²) in [4.78, 5) is 9.56. The van der Waals surface area contributed by atoms with Gasteiger partial charge >= 0.3 is 0 Å². The van der Waals surface area contributed by atoms with Gasteiger partial charge in [-0.2, -0.15) is 5.10 Å². The lowest BCUT2D eigenvalue weighted by Gasteiger charge is -2.25. The zero-order chi connectivity index (χ0) is 16.9. The van der Waals surface area contributed by atoms with Gasteiger partial charge < -0.3 is 15.7 Å². The number of thiophene rings is 1. The van der Waals surface area contributed by atoms with E-state index < -0.39 is 6.10 Å². The molecule has 0 fully saturated rings. The molecule has 0 radical (unpaired) electrons. The third kappa shape index (κ3) is 5.53. The highest BCUT2D eigenvalue weighted by molar-refractivity contribution is 14.0. The number of hydrogen-bond acceptors (Lipinski definition) is 5. The second-order valence-electron chi connectivity index (χ2n) is 5.62. The van der Waals surface area contributed by atoms with Gasteiger partial charge in [-0.15, -0.1) is 35.3 Å². The summed E-state index contributed by atoms with van der Waals surface area (Å²) in [5.41, 5.74) is 0. The van der Waals surface area contributed by atoms with E-state index in [1.807, 2.05) is 17.7 Å². The molecule has 0 bridgehead atoms. The normalized spacial score (nSPS) is 18.2. The number of rotatable bonds is 5. The number of aryl methyl sites for hydroxylation is 1. The van der Waals surface area contributed by atoms with E-state index >= 15 is 0 Å². The highest BCUT2D eigenvalue weighted by Crippen LogP contribution is 2.26. The van der Waals surface area contributed by atoms with E-state index in [9.17, 15) is 5.11 Å². The fraction of sp³-hybridized carbons (Fsp3) is 0.533. The molecule has 2 unspecified atom stereocenters. The van der Waals surface area contributed by atoms with Crippen molar-refractivity contribution in [1.82, 2.24) is 25.4 Å². The summed E-state index contributed by atoms with van der Waals surface area (Å²) < 4.78 is 2.59. The number of aromatic nitrogens is 3. The Balaban J connectivity index is 0.00000225. The molecule has 0 aliphatic carbocycles. The third-order valence-corrected chi connectivity index (χ3v) is 5.17. The van der Waals surface area contributed by atoms with Crippen LogP contribution in [0.25, 0.3) is 0 Å². The lowest BCUT2D eigenvalue weighted by atomic mass is 10.1. The second-order valence-corrected chi connectivity index (χ2v) is 7.36. The van der Waals surface area contributed by atoms with Gasteiger partial charge in [-0.05, 0) is 25.5 Å². The van der Waals surface area contributed by atoms with Crippen LogP contribution < -0.4 is 10.6 Å². The molecule has 0 amide bonds. The number of fused-ring (bicyclic) bond motifs is 1. The summed E-state index contributed by atoms with van der Waals surface area (Å²) in [5.74, 6) is 1.73. The smallest absolute Gasteiger partial charge is 0.191 e. The summed E-state index contributed by atoms with van der Waals surface area (Å²) in [6.07, 6.45) is 2.82. The van der Waals surface area contributed by atoms with Crippen molar-refractivity contribution in [3.8, 4) is 0 Å². The maximum Gasteiger partial charge on any atom is 0.191 e. The Labute approximate surface area is 172 Å².